The monoisotopic (exact) mass is 319 g/mol. The minimum Gasteiger partial charge on any atom is -0.481 e. The molecule has 0 aromatic carbocycles. The van der Waals surface area contributed by atoms with Crippen LogP contribution in [0.4, 0.5) is 0 Å². The number of methoxy groups -OCH3 is 1. The number of likely N-dealkylation sites (tertiary alicyclic amines) is 1. The number of aromatic nitrogens is 1. The highest BCUT2D eigenvalue weighted by Gasteiger charge is 2.31. The van der Waals surface area contributed by atoms with Gasteiger partial charge in [-0.3, -0.25) is 9.89 Å². The van der Waals surface area contributed by atoms with E-state index >= 15 is 0 Å². The molecule has 0 spiro atoms. The Morgan fingerprint density at radius 1 is 1.43 bits per heavy atom. The highest BCUT2D eigenvalue weighted by Crippen LogP contribution is 2.18. The second-order valence-corrected chi connectivity index (χ2v) is 6.41. The van der Waals surface area contributed by atoms with Crippen LogP contribution in [0.25, 0.3) is 0 Å². The minimum atomic E-state index is 0.428. The molecule has 0 aliphatic carbocycles. The molecule has 2 rings (SSSR count). The number of rotatable bonds is 5. The van der Waals surface area contributed by atoms with Crippen molar-refractivity contribution in [2.24, 2.45) is 10.9 Å². The van der Waals surface area contributed by atoms with Crippen molar-refractivity contribution in [2.75, 3.05) is 27.2 Å². The van der Waals surface area contributed by atoms with E-state index in [2.05, 4.69) is 46.3 Å². The van der Waals surface area contributed by atoms with Crippen LogP contribution in [-0.4, -0.2) is 55.2 Å². The highest BCUT2D eigenvalue weighted by molar-refractivity contribution is 5.80. The molecule has 2 unspecified atom stereocenters. The van der Waals surface area contributed by atoms with Crippen LogP contribution in [0.2, 0.25) is 0 Å². The third kappa shape index (κ3) is 4.82. The van der Waals surface area contributed by atoms with Crippen LogP contribution in [0.3, 0.4) is 0 Å². The Bertz CT molecular complexity index is 514. The first-order valence-corrected chi connectivity index (χ1v) is 8.23. The Morgan fingerprint density at radius 3 is 2.74 bits per heavy atom. The second kappa shape index (κ2) is 8.15. The Morgan fingerprint density at radius 2 is 2.22 bits per heavy atom. The Hall–Kier alpha value is -1.82. The number of nitrogens with zero attached hydrogens (tertiary/aromatic N) is 3. The minimum absolute atomic E-state index is 0.428. The molecule has 6 heteroatoms. The third-order valence-corrected chi connectivity index (χ3v) is 4.38. The van der Waals surface area contributed by atoms with Crippen LogP contribution in [0.1, 0.15) is 26.3 Å². The average molecular weight is 319 g/mol. The predicted molar refractivity (Wildman–Crippen MR) is 93.8 cm³/mol. The van der Waals surface area contributed by atoms with Crippen molar-refractivity contribution >= 4 is 5.96 Å². The Balaban J connectivity index is 1.85. The van der Waals surface area contributed by atoms with Gasteiger partial charge in [-0.25, -0.2) is 4.98 Å². The number of hydrogen-bond acceptors (Lipinski definition) is 4. The van der Waals surface area contributed by atoms with Crippen molar-refractivity contribution in [3.05, 3.63) is 23.9 Å². The molecule has 1 aromatic rings. The van der Waals surface area contributed by atoms with Gasteiger partial charge in [0.2, 0.25) is 5.88 Å². The highest BCUT2D eigenvalue weighted by atomic mass is 16.5. The molecule has 128 valence electrons. The van der Waals surface area contributed by atoms with Gasteiger partial charge in [-0.2, -0.15) is 0 Å². The summed E-state index contributed by atoms with van der Waals surface area (Å²) in [5.74, 6) is 2.08. The van der Waals surface area contributed by atoms with E-state index in [1.165, 1.54) is 0 Å². The normalized spacial score (nSPS) is 22.4. The molecule has 0 bridgehead atoms. The van der Waals surface area contributed by atoms with Crippen molar-refractivity contribution in [1.29, 1.82) is 0 Å². The lowest BCUT2D eigenvalue weighted by Crippen LogP contribution is -2.46. The molecule has 1 aliphatic heterocycles. The molecule has 0 saturated carbocycles. The summed E-state index contributed by atoms with van der Waals surface area (Å²) < 4.78 is 5.07. The van der Waals surface area contributed by atoms with Crippen molar-refractivity contribution in [2.45, 2.75) is 39.4 Å². The first-order chi connectivity index (χ1) is 11.0. The molecule has 1 fully saturated rings. The lowest BCUT2D eigenvalue weighted by Gasteiger charge is -2.22. The van der Waals surface area contributed by atoms with Gasteiger partial charge < -0.3 is 15.4 Å². The van der Waals surface area contributed by atoms with Crippen LogP contribution in [0, 0.1) is 5.92 Å². The van der Waals surface area contributed by atoms with Gasteiger partial charge in [0.15, 0.2) is 5.96 Å². The van der Waals surface area contributed by atoms with Gasteiger partial charge in [-0.1, -0.05) is 13.0 Å². The van der Waals surface area contributed by atoms with Crippen molar-refractivity contribution < 1.29 is 4.74 Å². The maximum Gasteiger partial charge on any atom is 0.212 e. The summed E-state index contributed by atoms with van der Waals surface area (Å²) in [5, 5.41) is 6.90. The van der Waals surface area contributed by atoms with E-state index in [-0.39, 0.29) is 0 Å². The molecule has 2 atom stereocenters. The van der Waals surface area contributed by atoms with Gasteiger partial charge in [-0.05, 0) is 25.3 Å². The van der Waals surface area contributed by atoms with Crippen molar-refractivity contribution in [1.82, 2.24) is 20.5 Å². The number of nitrogens with one attached hydrogen (secondary N) is 2. The van der Waals surface area contributed by atoms with E-state index in [4.69, 9.17) is 4.74 Å². The van der Waals surface area contributed by atoms with E-state index in [0.717, 1.165) is 24.6 Å². The first-order valence-electron chi connectivity index (χ1n) is 8.23. The fraction of sp³-hybridized carbons (Fsp3) is 0.647. The third-order valence-electron chi connectivity index (χ3n) is 4.38. The molecular formula is C17H29N5O. The number of ether oxygens (including phenoxy) is 1. The first kappa shape index (κ1) is 17.5. The van der Waals surface area contributed by atoms with E-state index in [9.17, 15) is 0 Å². The zero-order valence-electron chi connectivity index (χ0n) is 14.8. The van der Waals surface area contributed by atoms with Gasteiger partial charge in [-0.15, -0.1) is 0 Å². The van der Waals surface area contributed by atoms with E-state index < -0.39 is 0 Å². The van der Waals surface area contributed by atoms with E-state index in [1.807, 2.05) is 18.3 Å². The van der Waals surface area contributed by atoms with Gasteiger partial charge in [0.25, 0.3) is 0 Å². The predicted octanol–water partition coefficient (Wildman–Crippen LogP) is 1.48. The summed E-state index contributed by atoms with van der Waals surface area (Å²) >= 11 is 0. The quantitative estimate of drug-likeness (QED) is 0.636. The molecule has 1 aliphatic rings. The van der Waals surface area contributed by atoms with Crippen molar-refractivity contribution in [3.63, 3.8) is 0 Å². The zero-order valence-corrected chi connectivity index (χ0v) is 14.8. The topological polar surface area (TPSA) is 61.8 Å². The van der Waals surface area contributed by atoms with Crippen LogP contribution in [0.5, 0.6) is 5.88 Å². The average Bonchev–Trinajstić information content (AvgIpc) is 2.93. The fourth-order valence-corrected chi connectivity index (χ4v) is 2.81. The van der Waals surface area contributed by atoms with E-state index in [0.29, 0.717) is 30.4 Å². The summed E-state index contributed by atoms with van der Waals surface area (Å²) in [4.78, 5) is 11.1. The van der Waals surface area contributed by atoms with Crippen LogP contribution in [-0.2, 0) is 6.54 Å². The number of aliphatic imine (C=N–C) groups is 1. The number of hydrogen-bond donors (Lipinski definition) is 2. The standard InChI is InChI=1S/C17H29N5O/c1-12(2)22-10-13(3)15(11-22)21-17(18-4)20-9-14-6-7-16(23-5)19-8-14/h6-8,12-13,15H,9-11H2,1-5H3,(H2,18,20,21). The van der Waals surface area contributed by atoms with E-state index in [1.54, 1.807) is 14.2 Å². The molecule has 0 radical (unpaired) electrons. The maximum atomic E-state index is 5.07. The zero-order chi connectivity index (χ0) is 16.8. The Labute approximate surface area is 139 Å². The SMILES string of the molecule is CN=C(NCc1ccc(OC)nc1)NC1CN(C(C)C)CC1C. The number of pyridine rings is 1. The summed E-state index contributed by atoms with van der Waals surface area (Å²) in [6, 6.07) is 4.89. The Kier molecular flexibility index (Phi) is 6.21. The second-order valence-electron chi connectivity index (χ2n) is 6.41. The lowest BCUT2D eigenvalue weighted by atomic mass is 10.1. The van der Waals surface area contributed by atoms with Crippen LogP contribution in [0.15, 0.2) is 23.3 Å². The largest absolute Gasteiger partial charge is 0.481 e. The summed E-state index contributed by atoms with van der Waals surface area (Å²) in [5.41, 5.74) is 1.09. The summed E-state index contributed by atoms with van der Waals surface area (Å²) in [6.45, 7) is 9.67. The molecule has 2 N–H and O–H groups in total. The fourth-order valence-electron chi connectivity index (χ4n) is 2.81. The van der Waals surface area contributed by atoms with Gasteiger partial charge in [0.1, 0.15) is 0 Å². The smallest absolute Gasteiger partial charge is 0.212 e. The lowest BCUT2D eigenvalue weighted by molar-refractivity contribution is 0.265. The van der Waals surface area contributed by atoms with Crippen molar-refractivity contribution in [3.8, 4) is 5.88 Å². The van der Waals surface area contributed by atoms with Gasteiger partial charge >= 0.3 is 0 Å². The van der Waals surface area contributed by atoms with Crippen LogP contribution < -0.4 is 15.4 Å². The summed E-state index contributed by atoms with van der Waals surface area (Å²) in [7, 11) is 3.43. The molecule has 6 nitrogen and oxygen atoms in total. The van der Waals surface area contributed by atoms with Gasteiger partial charge in [0.05, 0.1) is 7.11 Å². The van der Waals surface area contributed by atoms with Crippen LogP contribution >= 0.6 is 0 Å². The molecule has 23 heavy (non-hydrogen) atoms. The summed E-state index contributed by atoms with van der Waals surface area (Å²) in [6.07, 6.45) is 1.82. The molecule has 0 amide bonds. The maximum absolute atomic E-state index is 5.07. The molecule has 2 heterocycles. The van der Waals surface area contributed by atoms with Gasteiger partial charge in [0, 0.05) is 51.0 Å². The molecule has 1 aromatic heterocycles. The number of guanidine groups is 1. The molecular weight excluding hydrogens is 290 g/mol. The molecule has 1 saturated heterocycles.